The SMILES string of the molecule is O=C([O-])C[C@@H]1c2ccccc2CCN1S(=O)(=O)c1ccc(F)cc1. The Morgan fingerprint density at radius 1 is 1.17 bits per heavy atom. The number of sulfonamides is 1. The first-order chi connectivity index (χ1) is 11.4. The van der Waals surface area contributed by atoms with Gasteiger partial charge in [-0.15, -0.1) is 0 Å². The van der Waals surface area contributed by atoms with Gasteiger partial charge in [0.15, 0.2) is 0 Å². The summed E-state index contributed by atoms with van der Waals surface area (Å²) in [6, 6.07) is 10.8. The van der Waals surface area contributed by atoms with Crippen molar-refractivity contribution in [3.05, 3.63) is 65.5 Å². The summed E-state index contributed by atoms with van der Waals surface area (Å²) in [7, 11) is -3.94. The van der Waals surface area contributed by atoms with Crippen molar-refractivity contribution in [2.75, 3.05) is 6.54 Å². The summed E-state index contributed by atoms with van der Waals surface area (Å²) < 4.78 is 40.0. The molecule has 0 saturated heterocycles. The Morgan fingerprint density at radius 3 is 2.50 bits per heavy atom. The monoisotopic (exact) mass is 348 g/mol. The molecule has 0 aromatic heterocycles. The molecule has 5 nitrogen and oxygen atoms in total. The van der Waals surface area contributed by atoms with E-state index in [4.69, 9.17) is 0 Å². The molecule has 3 rings (SSSR count). The Bertz CT molecular complexity index is 864. The number of carboxylic acid groups (broad SMARTS) is 1. The number of carbonyl (C=O) groups is 1. The van der Waals surface area contributed by atoms with Crippen LogP contribution in [0.2, 0.25) is 0 Å². The zero-order valence-corrected chi connectivity index (χ0v) is 13.5. The summed E-state index contributed by atoms with van der Waals surface area (Å²) in [5, 5.41) is 11.1. The number of aliphatic carboxylic acids is 1. The van der Waals surface area contributed by atoms with Gasteiger partial charge in [0.1, 0.15) is 5.82 Å². The van der Waals surface area contributed by atoms with E-state index in [0.29, 0.717) is 12.0 Å². The second-order valence-electron chi connectivity index (χ2n) is 5.61. The number of carboxylic acids is 1. The summed E-state index contributed by atoms with van der Waals surface area (Å²) in [6.07, 6.45) is 0.0532. The van der Waals surface area contributed by atoms with E-state index in [-0.39, 0.29) is 11.4 Å². The van der Waals surface area contributed by atoms with E-state index >= 15 is 0 Å². The molecular formula is C17H15FNO4S-. The Balaban J connectivity index is 2.05. The molecule has 0 fully saturated rings. The molecule has 1 heterocycles. The first kappa shape index (κ1) is 16.6. The minimum Gasteiger partial charge on any atom is -0.550 e. The van der Waals surface area contributed by atoms with Crippen LogP contribution in [0.5, 0.6) is 0 Å². The second-order valence-corrected chi connectivity index (χ2v) is 7.50. The van der Waals surface area contributed by atoms with Crippen LogP contribution in [-0.4, -0.2) is 25.2 Å². The average molecular weight is 348 g/mol. The Hall–Kier alpha value is -2.25. The highest BCUT2D eigenvalue weighted by atomic mass is 32.2. The van der Waals surface area contributed by atoms with E-state index in [1.54, 1.807) is 12.1 Å². The molecule has 0 radical (unpaired) electrons. The maximum Gasteiger partial charge on any atom is 0.243 e. The largest absolute Gasteiger partial charge is 0.550 e. The zero-order valence-electron chi connectivity index (χ0n) is 12.7. The lowest BCUT2D eigenvalue weighted by atomic mass is 9.92. The van der Waals surface area contributed by atoms with Crippen LogP contribution in [0.15, 0.2) is 53.4 Å². The lowest BCUT2D eigenvalue weighted by Crippen LogP contribution is -2.42. The molecule has 0 unspecified atom stereocenters. The molecule has 0 spiro atoms. The van der Waals surface area contributed by atoms with Crippen LogP contribution in [-0.2, 0) is 21.2 Å². The lowest BCUT2D eigenvalue weighted by molar-refractivity contribution is -0.306. The van der Waals surface area contributed by atoms with E-state index in [1.165, 1.54) is 16.4 Å². The van der Waals surface area contributed by atoms with Crippen LogP contribution in [0.3, 0.4) is 0 Å². The fourth-order valence-electron chi connectivity index (χ4n) is 3.03. The van der Waals surface area contributed by atoms with E-state index in [1.807, 2.05) is 12.1 Å². The number of nitrogens with zero attached hydrogens (tertiary/aromatic N) is 1. The molecule has 1 aliphatic rings. The smallest absolute Gasteiger partial charge is 0.243 e. The Morgan fingerprint density at radius 2 is 1.83 bits per heavy atom. The number of halogens is 1. The molecule has 2 aromatic rings. The molecule has 0 saturated carbocycles. The van der Waals surface area contributed by atoms with Crippen LogP contribution in [0, 0.1) is 5.82 Å². The van der Waals surface area contributed by atoms with Crippen molar-refractivity contribution >= 4 is 16.0 Å². The van der Waals surface area contributed by atoms with E-state index in [2.05, 4.69) is 0 Å². The number of carbonyl (C=O) groups excluding carboxylic acids is 1. The molecule has 7 heteroatoms. The highest BCUT2D eigenvalue weighted by Crippen LogP contribution is 2.36. The highest BCUT2D eigenvalue weighted by Gasteiger charge is 2.36. The zero-order chi connectivity index (χ0) is 17.3. The van der Waals surface area contributed by atoms with Crippen molar-refractivity contribution < 1.29 is 22.7 Å². The molecular weight excluding hydrogens is 333 g/mol. The summed E-state index contributed by atoms with van der Waals surface area (Å²) in [4.78, 5) is 11.1. The van der Waals surface area contributed by atoms with Gasteiger partial charge in [-0.3, -0.25) is 0 Å². The van der Waals surface area contributed by atoms with Gasteiger partial charge < -0.3 is 9.90 Å². The maximum absolute atomic E-state index is 13.1. The van der Waals surface area contributed by atoms with Crippen molar-refractivity contribution in [3.63, 3.8) is 0 Å². The van der Waals surface area contributed by atoms with Gasteiger partial charge in [-0.1, -0.05) is 24.3 Å². The van der Waals surface area contributed by atoms with E-state index in [9.17, 15) is 22.7 Å². The standard InChI is InChI=1S/C17H16FNO4S/c18-13-5-7-14(8-6-13)24(22,23)19-10-9-12-3-1-2-4-15(12)16(19)11-17(20)21/h1-8,16H,9-11H2,(H,20,21)/p-1/t16-/m1/s1. The van der Waals surface area contributed by atoms with Crippen LogP contribution < -0.4 is 5.11 Å². The maximum atomic E-state index is 13.1. The van der Waals surface area contributed by atoms with Crippen molar-refractivity contribution in [1.82, 2.24) is 4.31 Å². The van der Waals surface area contributed by atoms with Gasteiger partial charge in [-0.05, 0) is 41.8 Å². The fraction of sp³-hybridized carbons (Fsp3) is 0.235. The van der Waals surface area contributed by atoms with Gasteiger partial charge in [0.2, 0.25) is 10.0 Å². The molecule has 0 amide bonds. The van der Waals surface area contributed by atoms with Crippen LogP contribution in [0.1, 0.15) is 23.6 Å². The molecule has 0 aliphatic carbocycles. The van der Waals surface area contributed by atoms with Crippen LogP contribution >= 0.6 is 0 Å². The molecule has 24 heavy (non-hydrogen) atoms. The van der Waals surface area contributed by atoms with Gasteiger partial charge in [-0.2, -0.15) is 4.31 Å². The van der Waals surface area contributed by atoms with Crippen molar-refractivity contribution in [2.24, 2.45) is 0 Å². The minimum absolute atomic E-state index is 0.0633. The minimum atomic E-state index is -3.94. The summed E-state index contributed by atoms with van der Waals surface area (Å²) >= 11 is 0. The van der Waals surface area contributed by atoms with Gasteiger partial charge in [-0.25, -0.2) is 12.8 Å². The third-order valence-electron chi connectivity index (χ3n) is 4.14. The van der Waals surface area contributed by atoms with Gasteiger partial charge in [0.05, 0.1) is 10.9 Å². The Labute approximate surface area is 139 Å². The molecule has 0 bridgehead atoms. The number of rotatable bonds is 4. The topological polar surface area (TPSA) is 77.5 Å². The third-order valence-corrected chi connectivity index (χ3v) is 6.07. The van der Waals surface area contributed by atoms with E-state index < -0.39 is 34.3 Å². The number of hydrogen-bond acceptors (Lipinski definition) is 4. The lowest BCUT2D eigenvalue weighted by Gasteiger charge is -2.36. The summed E-state index contributed by atoms with van der Waals surface area (Å²) in [6.45, 7) is 0.161. The van der Waals surface area contributed by atoms with Crippen molar-refractivity contribution in [3.8, 4) is 0 Å². The summed E-state index contributed by atoms with van der Waals surface area (Å²) in [5.41, 5.74) is 1.59. The highest BCUT2D eigenvalue weighted by molar-refractivity contribution is 7.89. The number of fused-ring (bicyclic) bond motifs is 1. The van der Waals surface area contributed by atoms with Crippen LogP contribution in [0.25, 0.3) is 0 Å². The quantitative estimate of drug-likeness (QED) is 0.833. The molecule has 0 N–H and O–H groups in total. The van der Waals surface area contributed by atoms with Gasteiger partial charge in [0, 0.05) is 18.9 Å². The van der Waals surface area contributed by atoms with E-state index in [0.717, 1.165) is 17.7 Å². The first-order valence-electron chi connectivity index (χ1n) is 7.44. The van der Waals surface area contributed by atoms with Gasteiger partial charge in [0.25, 0.3) is 0 Å². The van der Waals surface area contributed by atoms with Crippen molar-refractivity contribution in [2.45, 2.75) is 23.8 Å². The first-order valence-corrected chi connectivity index (χ1v) is 8.88. The average Bonchev–Trinajstić information content (AvgIpc) is 2.55. The molecule has 2 aromatic carbocycles. The number of benzene rings is 2. The second kappa shape index (κ2) is 6.33. The fourth-order valence-corrected chi connectivity index (χ4v) is 4.63. The molecule has 1 atom stereocenters. The Kier molecular flexibility index (Phi) is 4.38. The predicted octanol–water partition coefficient (Wildman–Crippen LogP) is 1.25. The third kappa shape index (κ3) is 3.05. The van der Waals surface area contributed by atoms with Crippen LogP contribution in [0.4, 0.5) is 4.39 Å². The normalized spacial score (nSPS) is 18.1. The summed E-state index contributed by atoms with van der Waals surface area (Å²) in [5.74, 6) is -1.86. The predicted molar refractivity (Wildman–Crippen MR) is 82.8 cm³/mol. The number of hydrogen-bond donors (Lipinski definition) is 0. The molecule has 1 aliphatic heterocycles. The molecule has 126 valence electrons. The van der Waals surface area contributed by atoms with Gasteiger partial charge >= 0.3 is 0 Å². The van der Waals surface area contributed by atoms with Crippen molar-refractivity contribution in [1.29, 1.82) is 0 Å².